The van der Waals surface area contributed by atoms with Crippen LogP contribution in [0.15, 0.2) is 35.7 Å². The van der Waals surface area contributed by atoms with E-state index < -0.39 is 35.7 Å². The summed E-state index contributed by atoms with van der Waals surface area (Å²) in [7, 11) is -1.74. The molecule has 8 nitrogen and oxygen atoms in total. The molecule has 1 atom stereocenters. The summed E-state index contributed by atoms with van der Waals surface area (Å²) in [6, 6.07) is 0.864. The van der Waals surface area contributed by atoms with Crippen molar-refractivity contribution in [1.29, 1.82) is 0 Å². The van der Waals surface area contributed by atoms with Crippen LogP contribution < -0.4 is 4.90 Å². The largest absolute Gasteiger partial charge is 0.417 e. The number of alkyl halides is 5. The molecule has 0 radical (unpaired) electrons. The summed E-state index contributed by atoms with van der Waals surface area (Å²) in [5, 5.41) is 3.92. The van der Waals surface area contributed by atoms with Crippen LogP contribution in [0.5, 0.6) is 0 Å². The minimum absolute atomic E-state index is 0.0122. The van der Waals surface area contributed by atoms with E-state index in [2.05, 4.69) is 20.1 Å². The Morgan fingerprint density at radius 3 is 2.64 bits per heavy atom. The Morgan fingerprint density at radius 1 is 1.12 bits per heavy atom. The monoisotopic (exact) mass is 487 g/mol. The minimum atomic E-state index is -4.55. The van der Waals surface area contributed by atoms with Crippen molar-refractivity contribution in [1.82, 2.24) is 29.0 Å². The summed E-state index contributed by atoms with van der Waals surface area (Å²) in [5.74, 6) is 0.539. The van der Waals surface area contributed by atoms with Crippen LogP contribution in [-0.4, -0.2) is 65.9 Å². The molecule has 3 aromatic heterocycles. The Morgan fingerprint density at radius 2 is 1.91 bits per heavy atom. The average Bonchev–Trinajstić information content (AvgIpc) is 3.36. The molecule has 5 heterocycles. The lowest BCUT2D eigenvalue weighted by Gasteiger charge is -2.46. The summed E-state index contributed by atoms with van der Waals surface area (Å²) in [6.45, 7) is 1.56. The standard InChI is InChI=1S/C19H18F5N7OS/c20-15(21)8-31-17-14(6-27-31)26-7-16(28-17)29-2-1-18(9-29)10-30(11-18)33(32)13-3-12(4-25-5-13)19(22,23)24/h3-7,15H,1-2,8-11H2. The van der Waals surface area contributed by atoms with Crippen LogP contribution in [0, 0.1) is 5.41 Å². The molecule has 176 valence electrons. The Labute approximate surface area is 187 Å². The van der Waals surface area contributed by atoms with Crippen LogP contribution in [-0.2, 0) is 23.7 Å². The fourth-order valence-corrected chi connectivity index (χ4v) is 5.74. The van der Waals surface area contributed by atoms with E-state index >= 15 is 0 Å². The van der Waals surface area contributed by atoms with Gasteiger partial charge in [-0.3, -0.25) is 4.98 Å². The molecule has 0 aromatic carbocycles. The molecular formula is C19H18F5N7OS. The smallest absolute Gasteiger partial charge is 0.355 e. The molecule has 33 heavy (non-hydrogen) atoms. The highest BCUT2D eigenvalue weighted by Gasteiger charge is 2.50. The van der Waals surface area contributed by atoms with E-state index in [1.165, 1.54) is 12.4 Å². The summed E-state index contributed by atoms with van der Waals surface area (Å²) >= 11 is 0. The van der Waals surface area contributed by atoms with E-state index in [9.17, 15) is 26.2 Å². The van der Waals surface area contributed by atoms with Crippen LogP contribution in [0.4, 0.5) is 27.8 Å². The Bertz CT molecular complexity index is 1210. The van der Waals surface area contributed by atoms with E-state index in [0.717, 1.165) is 17.2 Å². The summed E-state index contributed by atoms with van der Waals surface area (Å²) in [6.07, 6.45) is -1.49. The molecule has 2 fully saturated rings. The summed E-state index contributed by atoms with van der Waals surface area (Å²) in [4.78, 5) is 14.3. The normalized spacial score (nSPS) is 19.5. The lowest BCUT2D eigenvalue weighted by Crippen LogP contribution is -2.57. The topological polar surface area (TPSA) is 80.0 Å². The number of hydrogen-bond donors (Lipinski definition) is 0. The SMILES string of the molecule is O=S(c1cncc(C(F)(F)F)c1)N1CC2(CCN(c3cnc4cnn(CC(F)F)c4n3)C2)C1. The molecular weight excluding hydrogens is 469 g/mol. The van der Waals surface area contributed by atoms with Gasteiger partial charge in [0.15, 0.2) is 5.65 Å². The first-order chi connectivity index (χ1) is 15.6. The lowest BCUT2D eigenvalue weighted by molar-refractivity contribution is -0.138. The van der Waals surface area contributed by atoms with Crippen molar-refractivity contribution >= 4 is 28.0 Å². The summed E-state index contributed by atoms with van der Waals surface area (Å²) < 4.78 is 79.8. The maximum absolute atomic E-state index is 12.9. The molecule has 14 heteroatoms. The number of nitrogens with zero attached hydrogens (tertiary/aromatic N) is 7. The zero-order valence-corrected chi connectivity index (χ0v) is 17.9. The van der Waals surface area contributed by atoms with Crippen molar-refractivity contribution in [3.8, 4) is 0 Å². The zero-order chi connectivity index (χ0) is 23.4. The number of pyridine rings is 1. The van der Waals surface area contributed by atoms with Gasteiger partial charge in [-0.1, -0.05) is 0 Å². The van der Waals surface area contributed by atoms with Gasteiger partial charge < -0.3 is 4.90 Å². The second kappa shape index (κ2) is 7.94. The van der Waals surface area contributed by atoms with Crippen LogP contribution >= 0.6 is 0 Å². The number of rotatable bonds is 5. The Balaban J connectivity index is 1.27. The second-order valence-corrected chi connectivity index (χ2v) is 9.77. The number of hydrogen-bond acceptors (Lipinski definition) is 6. The molecule has 0 bridgehead atoms. The molecule has 0 saturated carbocycles. The van der Waals surface area contributed by atoms with Gasteiger partial charge in [-0.15, -0.1) is 0 Å². The third kappa shape index (κ3) is 4.16. The molecule has 3 aromatic rings. The second-order valence-electron chi connectivity index (χ2n) is 8.28. The van der Waals surface area contributed by atoms with Gasteiger partial charge in [-0.05, 0) is 12.5 Å². The third-order valence-electron chi connectivity index (χ3n) is 5.91. The quantitative estimate of drug-likeness (QED) is 0.515. The van der Waals surface area contributed by atoms with E-state index in [4.69, 9.17) is 0 Å². The van der Waals surface area contributed by atoms with Crippen LogP contribution in [0.1, 0.15) is 12.0 Å². The van der Waals surface area contributed by atoms with Gasteiger partial charge in [-0.25, -0.2) is 31.9 Å². The molecule has 1 spiro atoms. The Kier molecular flexibility index (Phi) is 5.31. The number of aromatic nitrogens is 5. The van der Waals surface area contributed by atoms with Gasteiger partial charge in [0.1, 0.15) is 28.9 Å². The van der Waals surface area contributed by atoms with Crippen LogP contribution in [0.2, 0.25) is 0 Å². The van der Waals surface area contributed by atoms with E-state index in [0.29, 0.717) is 43.7 Å². The third-order valence-corrected chi connectivity index (χ3v) is 7.26. The van der Waals surface area contributed by atoms with Crippen molar-refractivity contribution < 1.29 is 26.2 Å². The number of fused-ring (bicyclic) bond motifs is 1. The number of halogens is 5. The molecule has 2 aliphatic rings. The highest BCUT2D eigenvalue weighted by Crippen LogP contribution is 2.42. The van der Waals surface area contributed by atoms with E-state index in [1.807, 2.05) is 4.90 Å². The van der Waals surface area contributed by atoms with Gasteiger partial charge in [0.25, 0.3) is 6.43 Å². The van der Waals surface area contributed by atoms with Gasteiger partial charge >= 0.3 is 6.18 Å². The molecule has 2 aliphatic heterocycles. The fourth-order valence-electron chi connectivity index (χ4n) is 4.28. The van der Waals surface area contributed by atoms with Crippen molar-refractivity contribution in [2.45, 2.75) is 30.5 Å². The van der Waals surface area contributed by atoms with Crippen LogP contribution in [0.25, 0.3) is 11.2 Å². The maximum atomic E-state index is 12.9. The highest BCUT2D eigenvalue weighted by atomic mass is 32.2. The summed E-state index contributed by atoms with van der Waals surface area (Å²) in [5.41, 5.74) is -0.407. The molecule has 0 N–H and O–H groups in total. The highest BCUT2D eigenvalue weighted by molar-refractivity contribution is 7.82. The van der Waals surface area contributed by atoms with Crippen molar-refractivity contribution in [2.75, 3.05) is 31.1 Å². The van der Waals surface area contributed by atoms with Crippen molar-refractivity contribution in [3.63, 3.8) is 0 Å². The molecule has 0 amide bonds. The molecule has 0 aliphatic carbocycles. The first kappa shape index (κ1) is 22.1. The number of anilines is 1. The van der Waals surface area contributed by atoms with E-state index in [-0.39, 0.29) is 16.0 Å². The molecule has 5 rings (SSSR count). The first-order valence-electron chi connectivity index (χ1n) is 10.0. The van der Waals surface area contributed by atoms with Gasteiger partial charge in [0.05, 0.1) is 22.9 Å². The van der Waals surface area contributed by atoms with Crippen molar-refractivity contribution in [3.05, 3.63) is 36.4 Å². The Hall–Kier alpha value is -2.74. The maximum Gasteiger partial charge on any atom is 0.417 e. The minimum Gasteiger partial charge on any atom is -0.355 e. The van der Waals surface area contributed by atoms with Crippen molar-refractivity contribution in [2.24, 2.45) is 5.41 Å². The van der Waals surface area contributed by atoms with Gasteiger partial charge in [0, 0.05) is 44.0 Å². The fraction of sp³-hybridized carbons (Fsp3) is 0.474. The predicted octanol–water partition coefficient (Wildman–Crippen LogP) is 2.74. The van der Waals surface area contributed by atoms with Crippen LogP contribution in [0.3, 0.4) is 0 Å². The van der Waals surface area contributed by atoms with Gasteiger partial charge in [0.2, 0.25) is 0 Å². The van der Waals surface area contributed by atoms with Gasteiger partial charge in [-0.2, -0.15) is 18.3 Å². The molecule has 2 saturated heterocycles. The lowest BCUT2D eigenvalue weighted by atomic mass is 9.81. The predicted molar refractivity (Wildman–Crippen MR) is 108 cm³/mol. The molecule has 1 unspecified atom stereocenters. The van der Waals surface area contributed by atoms with E-state index in [1.54, 1.807) is 10.5 Å². The first-order valence-corrected chi connectivity index (χ1v) is 11.1. The average molecular weight is 487 g/mol. The zero-order valence-electron chi connectivity index (χ0n) is 17.0.